The minimum atomic E-state index is -0.181. The largest absolute Gasteiger partial charge is 0.369 e. The number of halogens is 1. The average Bonchev–Trinajstić information content (AvgIpc) is 2.77. The smallest absolute Gasteiger partial charge is 0.220 e. The Labute approximate surface area is 185 Å². The zero-order valence-electron chi connectivity index (χ0n) is 17.6. The number of hydrogen-bond acceptors (Lipinski definition) is 4. The predicted octanol–water partition coefficient (Wildman–Crippen LogP) is 4.66. The van der Waals surface area contributed by atoms with Gasteiger partial charge in [-0.2, -0.15) is 5.26 Å². The molecule has 2 aromatic carbocycles. The Hall–Kier alpha value is -2.39. The van der Waals surface area contributed by atoms with Gasteiger partial charge in [0.05, 0.1) is 11.6 Å². The molecule has 1 aliphatic rings. The molecule has 5 nitrogen and oxygen atoms in total. The Bertz CT molecular complexity index is 888. The number of rotatable bonds is 7. The lowest BCUT2D eigenvalue weighted by Gasteiger charge is -2.38. The van der Waals surface area contributed by atoms with Gasteiger partial charge in [0.25, 0.3) is 0 Å². The summed E-state index contributed by atoms with van der Waals surface area (Å²) in [6.07, 6.45) is 3.40. The minimum Gasteiger partial charge on any atom is -0.369 e. The zero-order valence-corrected chi connectivity index (χ0v) is 18.4. The highest BCUT2D eigenvalue weighted by molar-refractivity contribution is 5.85. The van der Waals surface area contributed by atoms with Crippen molar-refractivity contribution in [1.82, 2.24) is 4.90 Å². The van der Waals surface area contributed by atoms with Gasteiger partial charge in [0, 0.05) is 18.6 Å². The molecule has 30 heavy (non-hydrogen) atoms. The lowest BCUT2D eigenvalue weighted by Crippen LogP contribution is -2.40. The lowest BCUT2D eigenvalue weighted by molar-refractivity contribution is -0.123. The first-order chi connectivity index (χ1) is 14.0. The van der Waals surface area contributed by atoms with Gasteiger partial charge in [0.1, 0.15) is 6.23 Å². The molecular formula is C24H30ClN3O2. The fourth-order valence-electron chi connectivity index (χ4n) is 4.21. The molecule has 3 rings (SSSR count). The SMILES string of the molecule is CCOC(c1cccc(-c2cccc(C#N)c2)c1)N(C)C1CCC(C(N)=O)CC1.Cl. The molecule has 0 saturated heterocycles. The monoisotopic (exact) mass is 427 g/mol. The van der Waals surface area contributed by atoms with E-state index in [1.807, 2.05) is 37.3 Å². The number of primary amides is 1. The molecule has 1 amide bonds. The van der Waals surface area contributed by atoms with Crippen LogP contribution < -0.4 is 5.73 Å². The summed E-state index contributed by atoms with van der Waals surface area (Å²) in [4.78, 5) is 13.8. The highest BCUT2D eigenvalue weighted by Crippen LogP contribution is 2.33. The Morgan fingerprint density at radius 3 is 2.40 bits per heavy atom. The maximum atomic E-state index is 11.5. The molecule has 1 aliphatic carbocycles. The third kappa shape index (κ3) is 5.60. The highest BCUT2D eigenvalue weighted by Gasteiger charge is 2.31. The fraction of sp³-hybridized carbons (Fsp3) is 0.417. The Morgan fingerprint density at radius 1 is 1.17 bits per heavy atom. The van der Waals surface area contributed by atoms with Crippen molar-refractivity contribution < 1.29 is 9.53 Å². The maximum absolute atomic E-state index is 11.5. The van der Waals surface area contributed by atoms with E-state index in [4.69, 9.17) is 10.5 Å². The number of benzene rings is 2. The highest BCUT2D eigenvalue weighted by atomic mass is 35.5. The minimum absolute atomic E-state index is 0. The molecule has 1 unspecified atom stereocenters. The van der Waals surface area contributed by atoms with Crippen LogP contribution in [-0.4, -0.2) is 30.5 Å². The summed E-state index contributed by atoms with van der Waals surface area (Å²) in [7, 11) is 2.10. The molecule has 2 N–H and O–H groups in total. The molecule has 0 spiro atoms. The van der Waals surface area contributed by atoms with Crippen molar-refractivity contribution in [3.8, 4) is 17.2 Å². The summed E-state index contributed by atoms with van der Waals surface area (Å²) in [5.74, 6) is -0.180. The van der Waals surface area contributed by atoms with Crippen LogP contribution in [0.5, 0.6) is 0 Å². The van der Waals surface area contributed by atoms with E-state index < -0.39 is 0 Å². The van der Waals surface area contributed by atoms with Crippen LogP contribution in [0.2, 0.25) is 0 Å². The van der Waals surface area contributed by atoms with Gasteiger partial charge in [-0.15, -0.1) is 12.4 Å². The molecule has 0 heterocycles. The van der Waals surface area contributed by atoms with Gasteiger partial charge in [-0.25, -0.2) is 0 Å². The number of carbonyl (C=O) groups is 1. The van der Waals surface area contributed by atoms with Crippen molar-refractivity contribution in [3.63, 3.8) is 0 Å². The van der Waals surface area contributed by atoms with Crippen LogP contribution >= 0.6 is 12.4 Å². The molecule has 1 atom stereocenters. The van der Waals surface area contributed by atoms with E-state index in [-0.39, 0.29) is 30.5 Å². The normalized spacial score (nSPS) is 19.5. The van der Waals surface area contributed by atoms with E-state index in [1.54, 1.807) is 0 Å². The van der Waals surface area contributed by atoms with Crippen molar-refractivity contribution in [2.75, 3.05) is 13.7 Å². The average molecular weight is 428 g/mol. The topological polar surface area (TPSA) is 79.3 Å². The van der Waals surface area contributed by atoms with E-state index in [1.165, 1.54) is 0 Å². The molecule has 0 aliphatic heterocycles. The van der Waals surface area contributed by atoms with Crippen LogP contribution in [-0.2, 0) is 9.53 Å². The summed E-state index contributed by atoms with van der Waals surface area (Å²) in [6.45, 7) is 2.62. The van der Waals surface area contributed by atoms with E-state index >= 15 is 0 Å². The second kappa shape index (κ2) is 11.1. The van der Waals surface area contributed by atoms with Crippen LogP contribution in [0.4, 0.5) is 0 Å². The maximum Gasteiger partial charge on any atom is 0.220 e. The summed E-state index contributed by atoms with van der Waals surface area (Å²) >= 11 is 0. The van der Waals surface area contributed by atoms with Gasteiger partial charge in [0.15, 0.2) is 0 Å². The van der Waals surface area contributed by atoms with Gasteiger partial charge in [-0.3, -0.25) is 9.69 Å². The summed E-state index contributed by atoms with van der Waals surface area (Å²) in [5.41, 5.74) is 9.31. The molecule has 0 aromatic heterocycles. The van der Waals surface area contributed by atoms with E-state index in [2.05, 4.69) is 36.2 Å². The fourth-order valence-corrected chi connectivity index (χ4v) is 4.21. The van der Waals surface area contributed by atoms with Crippen molar-refractivity contribution in [2.45, 2.75) is 44.9 Å². The van der Waals surface area contributed by atoms with Crippen molar-refractivity contribution in [3.05, 3.63) is 59.7 Å². The quantitative estimate of drug-likeness (QED) is 0.652. The number of ether oxygens (including phenoxy) is 1. The van der Waals surface area contributed by atoms with E-state index in [0.717, 1.165) is 42.4 Å². The Kier molecular flexibility index (Phi) is 8.86. The second-order valence-corrected chi connectivity index (χ2v) is 7.70. The molecule has 1 fully saturated rings. The molecular weight excluding hydrogens is 398 g/mol. The molecule has 6 heteroatoms. The second-order valence-electron chi connectivity index (χ2n) is 7.70. The van der Waals surface area contributed by atoms with E-state index in [0.29, 0.717) is 18.2 Å². The van der Waals surface area contributed by atoms with Gasteiger partial charge in [-0.1, -0.05) is 30.3 Å². The number of hydrogen-bond donors (Lipinski definition) is 1. The first-order valence-electron chi connectivity index (χ1n) is 10.3. The van der Waals surface area contributed by atoms with Gasteiger partial charge in [0.2, 0.25) is 5.91 Å². The molecule has 1 saturated carbocycles. The first-order valence-corrected chi connectivity index (χ1v) is 10.3. The number of nitrogens with two attached hydrogens (primary N) is 1. The summed E-state index contributed by atoms with van der Waals surface area (Å²) in [6, 6.07) is 18.5. The first kappa shape index (κ1) is 23.9. The number of amides is 1. The third-order valence-corrected chi connectivity index (χ3v) is 5.87. The number of carbonyl (C=O) groups excluding carboxylic acids is 1. The van der Waals surface area contributed by atoms with Crippen LogP contribution in [0, 0.1) is 17.2 Å². The summed E-state index contributed by atoms with van der Waals surface area (Å²) in [5, 5.41) is 9.19. The predicted molar refractivity (Wildman–Crippen MR) is 121 cm³/mol. The van der Waals surface area contributed by atoms with Crippen LogP contribution in [0.15, 0.2) is 48.5 Å². The Balaban J connectivity index is 0.00000320. The third-order valence-electron chi connectivity index (χ3n) is 5.87. The van der Waals surface area contributed by atoms with E-state index in [9.17, 15) is 10.1 Å². The molecule has 0 radical (unpaired) electrons. The Morgan fingerprint density at radius 2 is 1.80 bits per heavy atom. The summed E-state index contributed by atoms with van der Waals surface area (Å²) < 4.78 is 6.14. The van der Waals surface area contributed by atoms with Crippen molar-refractivity contribution in [2.24, 2.45) is 11.7 Å². The standard InChI is InChI=1S/C24H29N3O2.ClH/c1-3-29-24(27(2)22-12-10-18(11-13-22)23(26)28)21-9-5-8-20(15-21)19-7-4-6-17(14-19)16-25;/h4-9,14-15,18,22,24H,3,10-13H2,1-2H3,(H2,26,28);1H. The lowest BCUT2D eigenvalue weighted by atomic mass is 9.85. The van der Waals surface area contributed by atoms with Gasteiger partial charge in [-0.05, 0) is 74.5 Å². The van der Waals surface area contributed by atoms with Crippen LogP contribution in [0.25, 0.3) is 11.1 Å². The number of nitriles is 1. The molecule has 160 valence electrons. The van der Waals surface area contributed by atoms with Crippen molar-refractivity contribution >= 4 is 18.3 Å². The van der Waals surface area contributed by atoms with Crippen LogP contribution in [0.1, 0.15) is 50.0 Å². The molecule has 2 aromatic rings. The van der Waals surface area contributed by atoms with Crippen LogP contribution in [0.3, 0.4) is 0 Å². The zero-order chi connectivity index (χ0) is 20.8. The van der Waals surface area contributed by atoms with Gasteiger partial charge < -0.3 is 10.5 Å². The van der Waals surface area contributed by atoms with Crippen molar-refractivity contribution in [1.29, 1.82) is 5.26 Å². The van der Waals surface area contributed by atoms with Gasteiger partial charge >= 0.3 is 0 Å². The molecule has 0 bridgehead atoms. The number of nitrogens with zero attached hydrogens (tertiary/aromatic N) is 2.